The van der Waals surface area contributed by atoms with Gasteiger partial charge < -0.3 is 21.1 Å². The molecule has 0 saturated heterocycles. The SMILES string of the molecule is Cc1cc(NC(=O)[C@@H](CC(C)(C)C)NC(=O)OC(C)(C)C)ccc1-c1ccnc(N)c1. The first-order valence-corrected chi connectivity index (χ1v) is 10.4. The smallest absolute Gasteiger partial charge is 0.408 e. The first-order valence-electron chi connectivity index (χ1n) is 10.4. The summed E-state index contributed by atoms with van der Waals surface area (Å²) in [5.74, 6) is 0.161. The Hall–Kier alpha value is -3.09. The molecule has 0 fully saturated rings. The summed E-state index contributed by atoms with van der Waals surface area (Å²) in [4.78, 5) is 29.3. The highest BCUT2D eigenvalue weighted by molar-refractivity contribution is 5.97. The molecule has 2 amide bonds. The number of hydrogen-bond acceptors (Lipinski definition) is 5. The van der Waals surface area contributed by atoms with Crippen LogP contribution in [0.1, 0.15) is 53.5 Å². The van der Waals surface area contributed by atoms with Gasteiger partial charge in [0, 0.05) is 11.9 Å². The van der Waals surface area contributed by atoms with Crippen LogP contribution in [0.2, 0.25) is 0 Å². The van der Waals surface area contributed by atoms with Gasteiger partial charge in [-0.05, 0) is 80.5 Å². The summed E-state index contributed by atoms with van der Waals surface area (Å²) < 4.78 is 5.33. The Morgan fingerprint density at radius 3 is 2.32 bits per heavy atom. The zero-order valence-corrected chi connectivity index (χ0v) is 19.5. The van der Waals surface area contributed by atoms with E-state index >= 15 is 0 Å². The molecular weight excluding hydrogens is 392 g/mol. The number of carbonyl (C=O) groups excluding carboxylic acids is 2. The summed E-state index contributed by atoms with van der Waals surface area (Å²) in [6.45, 7) is 13.4. The van der Waals surface area contributed by atoms with Crippen LogP contribution < -0.4 is 16.4 Å². The van der Waals surface area contributed by atoms with Gasteiger partial charge >= 0.3 is 6.09 Å². The second-order valence-electron chi connectivity index (χ2n) is 9.95. The number of hydrogen-bond donors (Lipinski definition) is 3. The van der Waals surface area contributed by atoms with Gasteiger partial charge in [0.2, 0.25) is 5.91 Å². The highest BCUT2D eigenvalue weighted by Gasteiger charge is 2.28. The van der Waals surface area contributed by atoms with Crippen LogP contribution in [0, 0.1) is 12.3 Å². The van der Waals surface area contributed by atoms with Gasteiger partial charge in [-0.1, -0.05) is 26.8 Å². The van der Waals surface area contributed by atoms with Crippen molar-refractivity contribution in [1.82, 2.24) is 10.3 Å². The van der Waals surface area contributed by atoms with Crippen LogP contribution in [0.25, 0.3) is 11.1 Å². The molecule has 1 heterocycles. The highest BCUT2D eigenvalue weighted by atomic mass is 16.6. The number of aryl methyl sites for hydroxylation is 1. The average molecular weight is 427 g/mol. The number of pyridine rings is 1. The number of nitrogens with zero attached hydrogens (tertiary/aromatic N) is 1. The molecule has 1 atom stereocenters. The minimum atomic E-state index is -0.727. The minimum absolute atomic E-state index is 0.169. The Bertz CT molecular complexity index is 943. The van der Waals surface area contributed by atoms with Gasteiger partial charge in [-0.3, -0.25) is 4.79 Å². The number of amides is 2. The Kier molecular flexibility index (Phi) is 7.31. The van der Waals surface area contributed by atoms with E-state index in [4.69, 9.17) is 10.5 Å². The molecule has 0 bridgehead atoms. The molecule has 0 aliphatic heterocycles. The topological polar surface area (TPSA) is 106 Å². The average Bonchev–Trinajstić information content (AvgIpc) is 2.58. The Morgan fingerprint density at radius 1 is 1.10 bits per heavy atom. The molecule has 0 radical (unpaired) electrons. The number of ether oxygens (including phenoxy) is 1. The van der Waals surface area contributed by atoms with E-state index < -0.39 is 17.7 Å². The van der Waals surface area contributed by atoms with E-state index in [-0.39, 0.29) is 11.3 Å². The van der Waals surface area contributed by atoms with Gasteiger partial charge in [-0.15, -0.1) is 0 Å². The minimum Gasteiger partial charge on any atom is -0.444 e. The summed E-state index contributed by atoms with van der Waals surface area (Å²) in [5, 5.41) is 5.63. The summed E-state index contributed by atoms with van der Waals surface area (Å²) in [6.07, 6.45) is 1.52. The second kappa shape index (κ2) is 9.37. The molecular formula is C24H34N4O3. The van der Waals surface area contributed by atoms with Crippen molar-refractivity contribution in [2.45, 2.75) is 66.5 Å². The summed E-state index contributed by atoms with van der Waals surface area (Å²) in [5.41, 5.74) is 8.58. The third-order valence-electron chi connectivity index (χ3n) is 4.41. The Balaban J connectivity index is 2.18. The fourth-order valence-electron chi connectivity index (χ4n) is 3.18. The molecule has 2 aromatic rings. The van der Waals surface area contributed by atoms with Gasteiger partial charge in [0.1, 0.15) is 17.5 Å². The third kappa shape index (κ3) is 7.92. The molecule has 0 aliphatic rings. The molecule has 0 unspecified atom stereocenters. The van der Waals surface area contributed by atoms with Gasteiger partial charge in [0.05, 0.1) is 0 Å². The van der Waals surface area contributed by atoms with Crippen molar-refractivity contribution >= 4 is 23.5 Å². The molecule has 0 saturated carbocycles. The molecule has 7 heteroatoms. The molecule has 1 aromatic carbocycles. The fraction of sp³-hybridized carbons (Fsp3) is 0.458. The molecule has 0 aliphatic carbocycles. The van der Waals surface area contributed by atoms with Gasteiger partial charge in [0.25, 0.3) is 0 Å². The van der Waals surface area contributed by atoms with Crippen molar-refractivity contribution in [3.05, 3.63) is 42.1 Å². The summed E-state index contributed by atoms with van der Waals surface area (Å²) in [7, 11) is 0. The van der Waals surface area contributed by atoms with Gasteiger partial charge in [0.15, 0.2) is 0 Å². The lowest BCUT2D eigenvalue weighted by atomic mass is 9.87. The molecule has 2 rings (SSSR count). The Labute approximate surface area is 184 Å². The number of nitrogens with one attached hydrogen (secondary N) is 2. The largest absolute Gasteiger partial charge is 0.444 e. The van der Waals surface area contributed by atoms with E-state index in [0.717, 1.165) is 16.7 Å². The lowest BCUT2D eigenvalue weighted by Gasteiger charge is -2.27. The first kappa shape index (κ1) is 24.2. The van der Waals surface area contributed by atoms with E-state index in [1.54, 1.807) is 27.0 Å². The molecule has 7 nitrogen and oxygen atoms in total. The van der Waals surface area contributed by atoms with Crippen molar-refractivity contribution in [1.29, 1.82) is 0 Å². The Morgan fingerprint density at radius 2 is 1.77 bits per heavy atom. The summed E-state index contributed by atoms with van der Waals surface area (Å²) in [6, 6.07) is 8.63. The normalized spacial score (nSPS) is 12.7. The number of rotatable bonds is 5. The van der Waals surface area contributed by atoms with Crippen LogP contribution in [0.5, 0.6) is 0 Å². The predicted molar refractivity (Wildman–Crippen MR) is 125 cm³/mol. The van der Waals surface area contributed by atoms with E-state index in [0.29, 0.717) is 17.9 Å². The number of alkyl carbamates (subject to hydrolysis) is 1. The van der Waals surface area contributed by atoms with E-state index in [2.05, 4.69) is 15.6 Å². The standard InChI is InChI=1S/C24H34N4O3/c1-15-12-17(8-9-18(15)16-10-11-26-20(25)13-16)27-21(29)19(14-23(2,3)4)28-22(30)31-24(5,6)7/h8-13,19H,14H2,1-7H3,(H2,25,26)(H,27,29)(H,28,30)/t19-/m1/s1. The maximum Gasteiger partial charge on any atom is 0.408 e. The zero-order chi connectivity index (χ0) is 23.4. The number of carbonyl (C=O) groups is 2. The van der Waals surface area contributed by atoms with Crippen molar-refractivity contribution in [2.75, 3.05) is 11.1 Å². The van der Waals surface area contributed by atoms with E-state index in [1.165, 1.54) is 0 Å². The number of benzene rings is 1. The van der Waals surface area contributed by atoms with Crippen molar-refractivity contribution in [2.24, 2.45) is 5.41 Å². The third-order valence-corrected chi connectivity index (χ3v) is 4.41. The fourth-order valence-corrected chi connectivity index (χ4v) is 3.18. The maximum atomic E-state index is 13.0. The van der Waals surface area contributed by atoms with E-state index in [9.17, 15) is 9.59 Å². The van der Waals surface area contributed by atoms with Crippen molar-refractivity contribution in [3.63, 3.8) is 0 Å². The lowest BCUT2D eigenvalue weighted by molar-refractivity contribution is -0.118. The zero-order valence-electron chi connectivity index (χ0n) is 19.5. The van der Waals surface area contributed by atoms with Crippen molar-refractivity contribution in [3.8, 4) is 11.1 Å². The quantitative estimate of drug-likeness (QED) is 0.630. The number of nitrogen functional groups attached to an aromatic ring is 1. The highest BCUT2D eigenvalue weighted by Crippen LogP contribution is 2.27. The predicted octanol–water partition coefficient (Wildman–Crippen LogP) is 4.91. The summed E-state index contributed by atoms with van der Waals surface area (Å²) >= 11 is 0. The number of nitrogens with two attached hydrogens (primary N) is 1. The van der Waals surface area contributed by atoms with Crippen LogP contribution in [0.15, 0.2) is 36.5 Å². The van der Waals surface area contributed by atoms with Crippen molar-refractivity contribution < 1.29 is 14.3 Å². The first-order chi connectivity index (χ1) is 14.2. The van der Waals surface area contributed by atoms with Crippen LogP contribution in [-0.2, 0) is 9.53 Å². The number of aromatic nitrogens is 1. The van der Waals surface area contributed by atoms with Crippen LogP contribution in [0.3, 0.4) is 0 Å². The van der Waals surface area contributed by atoms with Crippen LogP contribution in [0.4, 0.5) is 16.3 Å². The van der Waals surface area contributed by atoms with Crippen LogP contribution >= 0.6 is 0 Å². The maximum absolute atomic E-state index is 13.0. The van der Waals surface area contributed by atoms with Gasteiger partial charge in [-0.25, -0.2) is 9.78 Å². The monoisotopic (exact) mass is 426 g/mol. The van der Waals surface area contributed by atoms with E-state index in [1.807, 2.05) is 58.0 Å². The van der Waals surface area contributed by atoms with Crippen LogP contribution in [-0.4, -0.2) is 28.6 Å². The van der Waals surface area contributed by atoms with Gasteiger partial charge in [-0.2, -0.15) is 0 Å². The lowest BCUT2D eigenvalue weighted by Crippen LogP contribution is -2.47. The molecule has 168 valence electrons. The number of anilines is 2. The molecule has 31 heavy (non-hydrogen) atoms. The molecule has 1 aromatic heterocycles. The molecule has 0 spiro atoms. The molecule has 4 N–H and O–H groups in total. The second-order valence-corrected chi connectivity index (χ2v) is 9.95.